The lowest BCUT2D eigenvalue weighted by atomic mass is 10.2. The molecule has 27 heavy (non-hydrogen) atoms. The SMILES string of the molecule is COc1ccc(Nc2cc(C(=O)N3CCN(C(C)=O)CC3)ncn2)cc1Cl. The molecule has 1 aliphatic heterocycles. The molecule has 1 aromatic heterocycles. The predicted molar refractivity (Wildman–Crippen MR) is 101 cm³/mol. The molecule has 0 unspecified atom stereocenters. The van der Waals surface area contributed by atoms with E-state index in [0.29, 0.717) is 54.2 Å². The molecule has 9 heteroatoms. The third kappa shape index (κ3) is 4.46. The van der Waals surface area contributed by atoms with Crippen LogP contribution < -0.4 is 10.1 Å². The average molecular weight is 390 g/mol. The first-order chi connectivity index (χ1) is 13.0. The minimum absolute atomic E-state index is 0.0220. The monoisotopic (exact) mass is 389 g/mol. The molecular weight excluding hydrogens is 370 g/mol. The summed E-state index contributed by atoms with van der Waals surface area (Å²) >= 11 is 6.13. The van der Waals surface area contributed by atoms with Gasteiger partial charge in [-0.1, -0.05) is 11.6 Å². The molecule has 0 saturated carbocycles. The van der Waals surface area contributed by atoms with E-state index in [9.17, 15) is 9.59 Å². The van der Waals surface area contributed by atoms with Gasteiger partial charge in [0, 0.05) is 44.9 Å². The maximum absolute atomic E-state index is 12.7. The van der Waals surface area contributed by atoms with Crippen LogP contribution in [0.1, 0.15) is 17.4 Å². The highest BCUT2D eigenvalue weighted by atomic mass is 35.5. The number of ether oxygens (including phenoxy) is 1. The van der Waals surface area contributed by atoms with E-state index < -0.39 is 0 Å². The van der Waals surface area contributed by atoms with Gasteiger partial charge in [-0.3, -0.25) is 9.59 Å². The summed E-state index contributed by atoms with van der Waals surface area (Å²) in [6.45, 7) is 3.56. The number of aromatic nitrogens is 2. The molecule has 1 saturated heterocycles. The van der Waals surface area contributed by atoms with Gasteiger partial charge in [-0.05, 0) is 18.2 Å². The summed E-state index contributed by atoms with van der Waals surface area (Å²) in [6.07, 6.45) is 1.34. The van der Waals surface area contributed by atoms with Gasteiger partial charge in [0.25, 0.3) is 5.91 Å². The lowest BCUT2D eigenvalue weighted by Crippen LogP contribution is -2.50. The number of amides is 2. The molecule has 0 spiro atoms. The molecule has 2 aromatic rings. The Bertz CT molecular complexity index is 853. The van der Waals surface area contributed by atoms with E-state index in [1.807, 2.05) is 0 Å². The second-order valence-electron chi connectivity index (χ2n) is 6.06. The topological polar surface area (TPSA) is 87.7 Å². The largest absolute Gasteiger partial charge is 0.495 e. The Morgan fingerprint density at radius 2 is 1.81 bits per heavy atom. The van der Waals surface area contributed by atoms with Crippen LogP contribution in [0.4, 0.5) is 11.5 Å². The lowest BCUT2D eigenvalue weighted by Gasteiger charge is -2.34. The molecule has 8 nitrogen and oxygen atoms in total. The zero-order chi connectivity index (χ0) is 19.4. The third-order valence-electron chi connectivity index (χ3n) is 4.32. The van der Waals surface area contributed by atoms with E-state index in [1.165, 1.54) is 13.3 Å². The minimum atomic E-state index is -0.184. The molecule has 1 aliphatic rings. The van der Waals surface area contributed by atoms with Gasteiger partial charge < -0.3 is 19.9 Å². The molecule has 2 heterocycles. The minimum Gasteiger partial charge on any atom is -0.495 e. The first-order valence-corrected chi connectivity index (χ1v) is 8.83. The van der Waals surface area contributed by atoms with Crippen molar-refractivity contribution in [1.29, 1.82) is 0 Å². The smallest absolute Gasteiger partial charge is 0.272 e. The Kier molecular flexibility index (Phi) is 5.75. The Labute approximate surface area is 162 Å². The highest BCUT2D eigenvalue weighted by Gasteiger charge is 2.24. The molecule has 1 N–H and O–H groups in total. The number of benzene rings is 1. The maximum Gasteiger partial charge on any atom is 0.272 e. The molecule has 3 rings (SSSR count). The Morgan fingerprint density at radius 1 is 1.11 bits per heavy atom. The fourth-order valence-electron chi connectivity index (χ4n) is 2.82. The van der Waals surface area contributed by atoms with Crippen LogP contribution in [-0.4, -0.2) is 64.9 Å². The van der Waals surface area contributed by atoms with Crippen LogP contribution in [0, 0.1) is 0 Å². The number of carbonyl (C=O) groups is 2. The summed E-state index contributed by atoms with van der Waals surface area (Å²) in [6, 6.07) is 6.85. The van der Waals surface area contributed by atoms with Crippen molar-refractivity contribution in [3.05, 3.63) is 41.3 Å². The second-order valence-corrected chi connectivity index (χ2v) is 6.47. The van der Waals surface area contributed by atoms with Gasteiger partial charge in [-0.15, -0.1) is 0 Å². The number of piperazine rings is 1. The molecule has 0 bridgehead atoms. The number of carbonyl (C=O) groups excluding carboxylic acids is 2. The molecule has 0 radical (unpaired) electrons. The summed E-state index contributed by atoms with van der Waals surface area (Å²) in [7, 11) is 1.55. The van der Waals surface area contributed by atoms with Gasteiger partial charge in [0.15, 0.2) is 0 Å². The van der Waals surface area contributed by atoms with Crippen molar-refractivity contribution < 1.29 is 14.3 Å². The summed E-state index contributed by atoms with van der Waals surface area (Å²) in [5.41, 5.74) is 1.01. The van der Waals surface area contributed by atoms with Gasteiger partial charge in [0.2, 0.25) is 5.91 Å². The number of halogens is 1. The number of hydrogen-bond acceptors (Lipinski definition) is 6. The van der Waals surface area contributed by atoms with Crippen molar-refractivity contribution in [2.24, 2.45) is 0 Å². The van der Waals surface area contributed by atoms with Crippen molar-refractivity contribution in [3.63, 3.8) is 0 Å². The summed E-state index contributed by atoms with van der Waals surface area (Å²) in [5, 5.41) is 3.57. The van der Waals surface area contributed by atoms with E-state index in [2.05, 4.69) is 15.3 Å². The van der Waals surface area contributed by atoms with Crippen LogP contribution >= 0.6 is 11.6 Å². The van der Waals surface area contributed by atoms with Gasteiger partial charge in [0.05, 0.1) is 12.1 Å². The van der Waals surface area contributed by atoms with Crippen molar-refractivity contribution in [2.75, 3.05) is 38.6 Å². The first-order valence-electron chi connectivity index (χ1n) is 8.45. The summed E-state index contributed by atoms with van der Waals surface area (Å²) < 4.78 is 5.13. The van der Waals surface area contributed by atoms with Crippen molar-refractivity contribution in [2.45, 2.75) is 6.92 Å². The Morgan fingerprint density at radius 3 is 2.44 bits per heavy atom. The van der Waals surface area contributed by atoms with Gasteiger partial charge in [-0.25, -0.2) is 9.97 Å². The fourth-order valence-corrected chi connectivity index (χ4v) is 3.08. The molecule has 0 aliphatic carbocycles. The van der Waals surface area contributed by atoms with Crippen molar-refractivity contribution >= 4 is 34.9 Å². The van der Waals surface area contributed by atoms with E-state index >= 15 is 0 Å². The number of nitrogens with one attached hydrogen (secondary N) is 1. The number of rotatable bonds is 4. The van der Waals surface area contributed by atoms with Crippen LogP contribution in [0.15, 0.2) is 30.6 Å². The fraction of sp³-hybridized carbons (Fsp3) is 0.333. The molecule has 142 valence electrons. The van der Waals surface area contributed by atoms with E-state index in [4.69, 9.17) is 16.3 Å². The van der Waals surface area contributed by atoms with E-state index in [0.717, 1.165) is 0 Å². The molecule has 1 aromatic carbocycles. The first kappa shape index (κ1) is 18.9. The number of methoxy groups -OCH3 is 1. The Balaban J connectivity index is 1.69. The quantitative estimate of drug-likeness (QED) is 0.862. The number of hydrogen-bond donors (Lipinski definition) is 1. The summed E-state index contributed by atoms with van der Waals surface area (Å²) in [4.78, 5) is 35.7. The predicted octanol–water partition coefficient (Wildman–Crippen LogP) is 2.19. The van der Waals surface area contributed by atoms with Gasteiger partial charge >= 0.3 is 0 Å². The van der Waals surface area contributed by atoms with Crippen molar-refractivity contribution in [1.82, 2.24) is 19.8 Å². The lowest BCUT2D eigenvalue weighted by molar-refractivity contribution is -0.130. The molecule has 2 amide bonds. The third-order valence-corrected chi connectivity index (χ3v) is 4.62. The maximum atomic E-state index is 12.7. The zero-order valence-corrected chi connectivity index (χ0v) is 15.9. The Hall–Kier alpha value is -2.87. The van der Waals surface area contributed by atoms with Gasteiger partial charge in [0.1, 0.15) is 23.6 Å². The van der Waals surface area contributed by atoms with Gasteiger partial charge in [-0.2, -0.15) is 0 Å². The summed E-state index contributed by atoms with van der Waals surface area (Å²) in [5.74, 6) is 0.896. The van der Waals surface area contributed by atoms with Crippen LogP contribution in [0.25, 0.3) is 0 Å². The molecule has 0 atom stereocenters. The number of nitrogens with zero attached hydrogens (tertiary/aromatic N) is 4. The van der Waals surface area contributed by atoms with Crippen LogP contribution in [0.2, 0.25) is 5.02 Å². The van der Waals surface area contributed by atoms with E-state index in [1.54, 1.807) is 41.2 Å². The number of anilines is 2. The average Bonchev–Trinajstić information content (AvgIpc) is 2.68. The second kappa shape index (κ2) is 8.22. The highest BCUT2D eigenvalue weighted by Crippen LogP contribution is 2.28. The van der Waals surface area contributed by atoms with Crippen molar-refractivity contribution in [3.8, 4) is 5.75 Å². The molecular formula is C18H20ClN5O3. The normalized spacial score (nSPS) is 14.0. The van der Waals surface area contributed by atoms with Crippen LogP contribution in [-0.2, 0) is 4.79 Å². The zero-order valence-electron chi connectivity index (χ0n) is 15.1. The van der Waals surface area contributed by atoms with E-state index in [-0.39, 0.29) is 11.8 Å². The standard InChI is InChI=1S/C18H20ClN5O3/c1-12(25)23-5-7-24(8-6-23)18(26)15-10-17(21-11-20-15)22-13-3-4-16(27-2)14(19)9-13/h3-4,9-11H,5-8H2,1-2H3,(H,20,21,22). The highest BCUT2D eigenvalue weighted by molar-refractivity contribution is 6.32. The van der Waals surface area contributed by atoms with Crippen LogP contribution in [0.3, 0.4) is 0 Å². The van der Waals surface area contributed by atoms with Crippen LogP contribution in [0.5, 0.6) is 5.75 Å². The molecule has 1 fully saturated rings.